The Kier molecular flexibility index (Phi) is 4.54. The average Bonchev–Trinajstić information content (AvgIpc) is 2.91. The summed E-state index contributed by atoms with van der Waals surface area (Å²) in [6.07, 6.45) is -3.29. The summed E-state index contributed by atoms with van der Waals surface area (Å²) in [6.45, 7) is 0. The zero-order valence-corrected chi connectivity index (χ0v) is 14.6. The summed E-state index contributed by atoms with van der Waals surface area (Å²) in [4.78, 5) is 4.32. The van der Waals surface area contributed by atoms with E-state index in [0.29, 0.717) is 22.3 Å². The lowest BCUT2D eigenvalue weighted by atomic mass is 10.1. The number of hydrogen-bond acceptors (Lipinski definition) is 4. The van der Waals surface area contributed by atoms with Crippen LogP contribution in [0.3, 0.4) is 0 Å². The molecule has 3 rings (SSSR count). The molecule has 0 unspecified atom stereocenters. The molecule has 0 fully saturated rings. The highest BCUT2D eigenvalue weighted by molar-refractivity contribution is 7.99. The predicted octanol–water partition coefficient (Wildman–Crippen LogP) is 4.16. The number of thioether (sulfide) groups is 1. The highest BCUT2D eigenvalue weighted by Crippen LogP contribution is 2.31. The SMILES string of the molecule is CS(=O)(=O)n1c(SCc2ccc(C(F)(F)F)cc2)nc2ccccc21. The smallest absolute Gasteiger partial charge is 0.222 e. The summed E-state index contributed by atoms with van der Waals surface area (Å²) in [7, 11) is -3.56. The molecule has 4 nitrogen and oxygen atoms in total. The van der Waals surface area contributed by atoms with Gasteiger partial charge in [0.15, 0.2) is 5.16 Å². The molecule has 0 aliphatic carbocycles. The molecule has 132 valence electrons. The molecule has 0 saturated carbocycles. The van der Waals surface area contributed by atoms with Crippen LogP contribution in [0.1, 0.15) is 11.1 Å². The number of nitrogens with zero attached hydrogens (tertiary/aromatic N) is 2. The Morgan fingerprint density at radius 1 is 1.08 bits per heavy atom. The van der Waals surface area contributed by atoms with Crippen LogP contribution in [0, 0.1) is 0 Å². The predicted molar refractivity (Wildman–Crippen MR) is 91.0 cm³/mol. The van der Waals surface area contributed by atoms with E-state index in [9.17, 15) is 21.6 Å². The third kappa shape index (κ3) is 3.82. The van der Waals surface area contributed by atoms with E-state index in [-0.39, 0.29) is 5.16 Å². The molecule has 2 aromatic carbocycles. The van der Waals surface area contributed by atoms with Crippen molar-refractivity contribution in [3.63, 3.8) is 0 Å². The van der Waals surface area contributed by atoms with E-state index in [0.717, 1.165) is 34.1 Å². The Hall–Kier alpha value is -2.00. The highest BCUT2D eigenvalue weighted by Gasteiger charge is 2.30. The van der Waals surface area contributed by atoms with Gasteiger partial charge in [-0.2, -0.15) is 13.2 Å². The zero-order valence-electron chi connectivity index (χ0n) is 13.0. The molecule has 25 heavy (non-hydrogen) atoms. The second-order valence-electron chi connectivity index (χ2n) is 5.39. The molecule has 0 spiro atoms. The molecule has 0 bridgehead atoms. The highest BCUT2D eigenvalue weighted by atomic mass is 32.2. The van der Waals surface area contributed by atoms with Crippen molar-refractivity contribution < 1.29 is 21.6 Å². The molecular formula is C16H13F3N2O2S2. The molecule has 0 saturated heterocycles. The minimum absolute atomic E-state index is 0.281. The number of aromatic nitrogens is 2. The first kappa shape index (κ1) is 17.8. The summed E-state index contributed by atoms with van der Waals surface area (Å²) < 4.78 is 63.1. The van der Waals surface area contributed by atoms with Crippen molar-refractivity contribution in [1.82, 2.24) is 8.96 Å². The van der Waals surface area contributed by atoms with Crippen molar-refractivity contribution >= 4 is 32.8 Å². The lowest BCUT2D eigenvalue weighted by molar-refractivity contribution is -0.137. The van der Waals surface area contributed by atoms with Gasteiger partial charge in [-0.15, -0.1) is 0 Å². The first-order chi connectivity index (χ1) is 11.7. The fraction of sp³-hybridized carbons (Fsp3) is 0.188. The van der Waals surface area contributed by atoms with E-state index in [1.165, 1.54) is 12.1 Å². The Morgan fingerprint density at radius 2 is 1.72 bits per heavy atom. The molecule has 1 aromatic heterocycles. The molecular weight excluding hydrogens is 373 g/mol. The number of hydrogen-bond donors (Lipinski definition) is 0. The van der Waals surface area contributed by atoms with E-state index in [1.807, 2.05) is 0 Å². The van der Waals surface area contributed by atoms with Gasteiger partial charge in [0, 0.05) is 5.75 Å². The Balaban J connectivity index is 1.89. The van der Waals surface area contributed by atoms with Crippen LogP contribution >= 0.6 is 11.8 Å². The number of alkyl halides is 3. The average molecular weight is 386 g/mol. The summed E-state index contributed by atoms with van der Waals surface area (Å²) in [5.74, 6) is 0.303. The van der Waals surface area contributed by atoms with Crippen LogP contribution in [0.25, 0.3) is 11.0 Å². The maximum atomic E-state index is 12.6. The van der Waals surface area contributed by atoms with Gasteiger partial charge >= 0.3 is 6.18 Å². The van der Waals surface area contributed by atoms with Gasteiger partial charge in [-0.3, -0.25) is 0 Å². The third-order valence-corrected chi connectivity index (χ3v) is 5.63. The third-order valence-electron chi connectivity index (χ3n) is 3.47. The maximum absolute atomic E-state index is 12.6. The monoisotopic (exact) mass is 386 g/mol. The van der Waals surface area contributed by atoms with E-state index in [1.54, 1.807) is 24.3 Å². The molecule has 1 heterocycles. The molecule has 9 heteroatoms. The Morgan fingerprint density at radius 3 is 2.32 bits per heavy atom. The van der Waals surface area contributed by atoms with Crippen molar-refractivity contribution in [3.8, 4) is 0 Å². The van der Waals surface area contributed by atoms with Crippen LogP contribution in [-0.2, 0) is 22.0 Å². The number of fused-ring (bicyclic) bond motifs is 1. The van der Waals surface area contributed by atoms with Gasteiger partial charge in [0.25, 0.3) is 0 Å². The van der Waals surface area contributed by atoms with Gasteiger partial charge in [-0.1, -0.05) is 36.0 Å². The van der Waals surface area contributed by atoms with E-state index in [2.05, 4.69) is 4.98 Å². The second kappa shape index (κ2) is 6.38. The van der Waals surface area contributed by atoms with Crippen molar-refractivity contribution in [1.29, 1.82) is 0 Å². The molecule has 0 aliphatic rings. The lowest BCUT2D eigenvalue weighted by Crippen LogP contribution is -2.11. The fourth-order valence-corrected chi connectivity index (χ4v) is 4.60. The molecule has 0 N–H and O–H groups in total. The van der Waals surface area contributed by atoms with Gasteiger partial charge in [0.2, 0.25) is 10.0 Å². The Bertz CT molecular complexity index is 1010. The summed E-state index contributed by atoms with van der Waals surface area (Å²) in [5, 5.41) is 0.281. The first-order valence-corrected chi connectivity index (χ1v) is 9.96. The van der Waals surface area contributed by atoms with E-state index < -0.39 is 21.8 Å². The number of imidazole rings is 1. The van der Waals surface area contributed by atoms with E-state index >= 15 is 0 Å². The van der Waals surface area contributed by atoms with Crippen molar-refractivity contribution in [2.75, 3.05) is 6.26 Å². The van der Waals surface area contributed by atoms with Crippen LogP contribution in [0.5, 0.6) is 0 Å². The summed E-state index contributed by atoms with van der Waals surface area (Å²) in [6, 6.07) is 11.6. The maximum Gasteiger partial charge on any atom is 0.416 e. The van der Waals surface area contributed by atoms with Gasteiger partial charge in [-0.05, 0) is 29.8 Å². The minimum atomic E-state index is -4.38. The quantitative estimate of drug-likeness (QED) is 0.632. The molecule has 0 radical (unpaired) electrons. The van der Waals surface area contributed by atoms with E-state index in [4.69, 9.17) is 0 Å². The summed E-state index contributed by atoms with van der Waals surface area (Å²) in [5.41, 5.74) is 0.942. The van der Waals surface area contributed by atoms with Gasteiger partial charge < -0.3 is 0 Å². The van der Waals surface area contributed by atoms with Crippen molar-refractivity contribution in [2.24, 2.45) is 0 Å². The standard InChI is InChI=1S/C16H13F3N2O2S2/c1-25(22,23)21-14-5-3-2-4-13(14)20-15(21)24-10-11-6-8-12(9-7-11)16(17,18)19/h2-9H,10H2,1H3. The summed E-state index contributed by atoms with van der Waals surface area (Å²) >= 11 is 1.16. The van der Waals surface area contributed by atoms with Gasteiger partial charge in [-0.25, -0.2) is 17.4 Å². The molecule has 0 amide bonds. The van der Waals surface area contributed by atoms with Gasteiger partial charge in [0.05, 0.1) is 22.9 Å². The van der Waals surface area contributed by atoms with Crippen LogP contribution in [-0.4, -0.2) is 23.6 Å². The number of halogens is 3. The first-order valence-electron chi connectivity index (χ1n) is 7.13. The second-order valence-corrected chi connectivity index (χ2v) is 8.17. The van der Waals surface area contributed by atoms with Crippen molar-refractivity contribution in [3.05, 3.63) is 59.7 Å². The largest absolute Gasteiger partial charge is 0.416 e. The zero-order chi connectivity index (χ0) is 18.2. The van der Waals surface area contributed by atoms with Crippen LogP contribution in [0.4, 0.5) is 13.2 Å². The molecule has 0 aliphatic heterocycles. The van der Waals surface area contributed by atoms with Crippen LogP contribution in [0.2, 0.25) is 0 Å². The Labute approximate surface area is 146 Å². The van der Waals surface area contributed by atoms with Crippen LogP contribution in [0.15, 0.2) is 53.7 Å². The topological polar surface area (TPSA) is 52.0 Å². The van der Waals surface area contributed by atoms with Crippen LogP contribution < -0.4 is 0 Å². The minimum Gasteiger partial charge on any atom is -0.222 e. The normalized spacial score (nSPS) is 12.6. The molecule has 3 aromatic rings. The number of benzene rings is 2. The lowest BCUT2D eigenvalue weighted by Gasteiger charge is -2.08. The number of rotatable bonds is 4. The number of para-hydroxylation sites is 2. The fourth-order valence-electron chi connectivity index (χ4n) is 2.33. The molecule has 0 atom stereocenters. The van der Waals surface area contributed by atoms with Gasteiger partial charge in [0.1, 0.15) is 0 Å². The van der Waals surface area contributed by atoms with Crippen molar-refractivity contribution in [2.45, 2.75) is 17.1 Å².